The van der Waals surface area contributed by atoms with E-state index in [-0.39, 0.29) is 34.1 Å². The molecule has 1 aliphatic rings. The van der Waals surface area contributed by atoms with Gasteiger partial charge in [0.2, 0.25) is 10.0 Å². The highest BCUT2D eigenvalue weighted by Crippen LogP contribution is 2.26. The Bertz CT molecular complexity index is 691. The second-order valence-electron chi connectivity index (χ2n) is 5.93. The maximum absolute atomic E-state index is 12.5. The van der Waals surface area contributed by atoms with Gasteiger partial charge in [0.1, 0.15) is 10.6 Å². The molecule has 1 aromatic rings. The molecule has 0 aromatic heterocycles. The lowest BCUT2D eigenvalue weighted by molar-refractivity contribution is 0.0908. The van der Waals surface area contributed by atoms with Crippen molar-refractivity contribution in [2.45, 2.75) is 36.6 Å². The van der Waals surface area contributed by atoms with Gasteiger partial charge < -0.3 is 15.8 Å². The van der Waals surface area contributed by atoms with E-state index >= 15 is 0 Å². The number of carbonyl (C=O) groups is 1. The van der Waals surface area contributed by atoms with Crippen LogP contribution in [0, 0.1) is 5.92 Å². The Morgan fingerprint density at radius 3 is 2.67 bits per heavy atom. The second kappa shape index (κ2) is 7.96. The predicted octanol–water partition coefficient (Wildman–Crippen LogP) is 0.851. The number of benzene rings is 1. The average molecular weight is 355 g/mol. The first-order valence-electron chi connectivity index (χ1n) is 8.05. The SMILES string of the molecule is CNS(=O)(=O)c1cc(C(=O)NC2CCCCC2CN)ccc1OC. The lowest BCUT2D eigenvalue weighted by Crippen LogP contribution is -2.44. The van der Waals surface area contributed by atoms with Gasteiger partial charge in [0.05, 0.1) is 7.11 Å². The number of sulfonamides is 1. The van der Waals surface area contributed by atoms with Gasteiger partial charge in [-0.05, 0) is 50.6 Å². The minimum Gasteiger partial charge on any atom is -0.495 e. The van der Waals surface area contributed by atoms with Crippen molar-refractivity contribution in [2.24, 2.45) is 11.7 Å². The van der Waals surface area contributed by atoms with E-state index in [1.54, 1.807) is 6.07 Å². The molecule has 1 aliphatic carbocycles. The molecule has 1 saturated carbocycles. The molecule has 0 saturated heterocycles. The van der Waals surface area contributed by atoms with Crippen LogP contribution in [0.2, 0.25) is 0 Å². The third-order valence-electron chi connectivity index (χ3n) is 4.51. The minimum absolute atomic E-state index is 0.0303. The van der Waals surface area contributed by atoms with Gasteiger partial charge in [-0.15, -0.1) is 0 Å². The van der Waals surface area contributed by atoms with Crippen molar-refractivity contribution in [1.82, 2.24) is 10.0 Å². The summed E-state index contributed by atoms with van der Waals surface area (Å²) in [7, 11) is -1.02. The summed E-state index contributed by atoms with van der Waals surface area (Å²) in [6, 6.07) is 4.41. The molecule has 0 radical (unpaired) electrons. The molecule has 0 spiro atoms. The number of carbonyl (C=O) groups excluding carboxylic acids is 1. The van der Waals surface area contributed by atoms with Gasteiger partial charge >= 0.3 is 0 Å². The zero-order valence-electron chi connectivity index (χ0n) is 14.0. The summed E-state index contributed by atoms with van der Waals surface area (Å²) in [6.45, 7) is 0.535. The fraction of sp³-hybridized carbons (Fsp3) is 0.562. The van der Waals surface area contributed by atoms with Crippen LogP contribution in [0.3, 0.4) is 0 Å². The van der Waals surface area contributed by atoms with Crippen molar-refractivity contribution in [2.75, 3.05) is 20.7 Å². The number of hydrogen-bond acceptors (Lipinski definition) is 5. The Hall–Kier alpha value is -1.64. The molecule has 0 heterocycles. The molecule has 7 nitrogen and oxygen atoms in total. The Morgan fingerprint density at radius 1 is 1.33 bits per heavy atom. The second-order valence-corrected chi connectivity index (χ2v) is 7.79. The highest BCUT2D eigenvalue weighted by molar-refractivity contribution is 7.89. The monoisotopic (exact) mass is 355 g/mol. The molecule has 4 N–H and O–H groups in total. The Morgan fingerprint density at radius 2 is 2.04 bits per heavy atom. The molecule has 2 unspecified atom stereocenters. The topological polar surface area (TPSA) is 111 Å². The lowest BCUT2D eigenvalue weighted by atomic mass is 9.84. The van der Waals surface area contributed by atoms with Gasteiger partial charge in [-0.1, -0.05) is 12.8 Å². The molecule has 24 heavy (non-hydrogen) atoms. The fourth-order valence-corrected chi connectivity index (χ4v) is 3.99. The van der Waals surface area contributed by atoms with Crippen molar-refractivity contribution in [3.05, 3.63) is 23.8 Å². The lowest BCUT2D eigenvalue weighted by Gasteiger charge is -2.31. The van der Waals surface area contributed by atoms with Crippen LogP contribution in [-0.4, -0.2) is 41.1 Å². The number of amides is 1. The zero-order chi connectivity index (χ0) is 17.7. The molecule has 1 aromatic carbocycles. The smallest absolute Gasteiger partial charge is 0.251 e. The molecule has 134 valence electrons. The highest BCUT2D eigenvalue weighted by Gasteiger charge is 2.26. The first-order chi connectivity index (χ1) is 11.4. The van der Waals surface area contributed by atoms with E-state index < -0.39 is 10.0 Å². The van der Waals surface area contributed by atoms with Crippen molar-refractivity contribution < 1.29 is 17.9 Å². The van der Waals surface area contributed by atoms with Crippen molar-refractivity contribution in [1.29, 1.82) is 0 Å². The van der Waals surface area contributed by atoms with E-state index in [1.807, 2.05) is 0 Å². The zero-order valence-corrected chi connectivity index (χ0v) is 14.9. The van der Waals surface area contributed by atoms with Crippen molar-refractivity contribution in [3.8, 4) is 5.75 Å². The van der Waals surface area contributed by atoms with Crippen LogP contribution in [0.1, 0.15) is 36.0 Å². The van der Waals surface area contributed by atoms with Gasteiger partial charge in [0.25, 0.3) is 5.91 Å². The molecule has 8 heteroatoms. The summed E-state index contributed by atoms with van der Waals surface area (Å²) in [5.41, 5.74) is 6.07. The van der Waals surface area contributed by atoms with E-state index in [9.17, 15) is 13.2 Å². The maximum Gasteiger partial charge on any atom is 0.251 e. The van der Waals surface area contributed by atoms with Crippen molar-refractivity contribution in [3.63, 3.8) is 0 Å². The third kappa shape index (κ3) is 4.06. The molecule has 0 bridgehead atoms. The standard InChI is InChI=1S/C16H25N3O4S/c1-18-24(21,22)15-9-11(7-8-14(15)23-2)16(20)19-13-6-4-3-5-12(13)10-17/h7-9,12-13,18H,3-6,10,17H2,1-2H3,(H,19,20). The van der Waals surface area contributed by atoms with E-state index in [1.165, 1.54) is 26.3 Å². The fourth-order valence-electron chi connectivity index (χ4n) is 3.07. The first kappa shape index (κ1) is 18.7. The van der Waals surface area contributed by atoms with E-state index in [0.717, 1.165) is 25.7 Å². The van der Waals surface area contributed by atoms with Gasteiger partial charge in [-0.25, -0.2) is 13.1 Å². The number of methoxy groups -OCH3 is 1. The van der Waals surface area contributed by atoms with Crippen LogP contribution in [0.25, 0.3) is 0 Å². The van der Waals surface area contributed by atoms with Crippen LogP contribution >= 0.6 is 0 Å². The Kier molecular flexibility index (Phi) is 6.20. The number of ether oxygens (including phenoxy) is 1. The van der Waals surface area contributed by atoms with Gasteiger partial charge in [-0.2, -0.15) is 0 Å². The van der Waals surface area contributed by atoms with Crippen LogP contribution in [-0.2, 0) is 10.0 Å². The molecule has 1 amide bonds. The van der Waals surface area contributed by atoms with Gasteiger partial charge in [0, 0.05) is 11.6 Å². The number of nitrogens with one attached hydrogen (secondary N) is 2. The first-order valence-corrected chi connectivity index (χ1v) is 9.53. The predicted molar refractivity (Wildman–Crippen MR) is 91.5 cm³/mol. The van der Waals surface area contributed by atoms with Gasteiger partial charge in [-0.3, -0.25) is 4.79 Å². The van der Waals surface area contributed by atoms with Crippen LogP contribution < -0.4 is 20.5 Å². The average Bonchev–Trinajstić information content (AvgIpc) is 2.61. The van der Waals surface area contributed by atoms with E-state index in [2.05, 4.69) is 10.0 Å². The van der Waals surface area contributed by atoms with E-state index in [0.29, 0.717) is 6.54 Å². The molecule has 2 rings (SSSR count). The number of hydrogen-bond donors (Lipinski definition) is 3. The maximum atomic E-state index is 12.5. The Balaban J connectivity index is 2.25. The molecule has 2 atom stereocenters. The summed E-state index contributed by atoms with van der Waals surface area (Å²) in [4.78, 5) is 12.5. The molecular formula is C16H25N3O4S. The molecule has 0 aliphatic heterocycles. The summed E-state index contributed by atoms with van der Waals surface area (Å²) in [5.74, 6) is 0.162. The summed E-state index contributed by atoms with van der Waals surface area (Å²) in [6.07, 6.45) is 4.08. The van der Waals surface area contributed by atoms with E-state index in [4.69, 9.17) is 10.5 Å². The van der Waals surface area contributed by atoms with Crippen molar-refractivity contribution >= 4 is 15.9 Å². The Labute approximate surface area is 143 Å². The quantitative estimate of drug-likeness (QED) is 0.701. The van der Waals surface area contributed by atoms with Crippen LogP contribution in [0.4, 0.5) is 0 Å². The summed E-state index contributed by atoms with van der Waals surface area (Å²) < 4.78 is 31.5. The highest BCUT2D eigenvalue weighted by atomic mass is 32.2. The number of rotatable bonds is 6. The number of nitrogens with two attached hydrogens (primary N) is 1. The minimum atomic E-state index is -3.72. The third-order valence-corrected chi connectivity index (χ3v) is 5.95. The largest absolute Gasteiger partial charge is 0.495 e. The molecule has 1 fully saturated rings. The van der Waals surface area contributed by atoms with Gasteiger partial charge in [0.15, 0.2) is 0 Å². The summed E-state index contributed by atoms with van der Waals surface area (Å²) >= 11 is 0. The summed E-state index contributed by atoms with van der Waals surface area (Å²) in [5, 5.41) is 3.00. The molecular weight excluding hydrogens is 330 g/mol. The normalized spacial score (nSPS) is 21.3. The van der Waals surface area contributed by atoms with Crippen LogP contribution in [0.5, 0.6) is 5.75 Å². The van der Waals surface area contributed by atoms with Crippen LogP contribution in [0.15, 0.2) is 23.1 Å².